The van der Waals surface area contributed by atoms with Gasteiger partial charge in [-0.2, -0.15) is 0 Å². The van der Waals surface area contributed by atoms with Crippen LogP contribution in [-0.2, 0) is 22.4 Å². The SMILES string of the molecule is CC(C)(C=O)Cc1ccccc1CC(C)(C)C=O. The van der Waals surface area contributed by atoms with Crippen molar-refractivity contribution < 1.29 is 9.59 Å². The van der Waals surface area contributed by atoms with Gasteiger partial charge in [-0.15, -0.1) is 0 Å². The molecule has 0 amide bonds. The summed E-state index contributed by atoms with van der Waals surface area (Å²) >= 11 is 0. The Morgan fingerprint density at radius 2 is 1.17 bits per heavy atom. The monoisotopic (exact) mass is 246 g/mol. The molecule has 1 aromatic carbocycles. The van der Waals surface area contributed by atoms with Crippen LogP contribution in [0.3, 0.4) is 0 Å². The Balaban J connectivity index is 3.00. The lowest BCUT2D eigenvalue weighted by molar-refractivity contribution is -0.115. The van der Waals surface area contributed by atoms with E-state index in [9.17, 15) is 9.59 Å². The van der Waals surface area contributed by atoms with Crippen LogP contribution in [0.15, 0.2) is 24.3 Å². The molecule has 0 spiro atoms. The van der Waals surface area contributed by atoms with E-state index in [1.165, 1.54) is 0 Å². The van der Waals surface area contributed by atoms with Gasteiger partial charge in [-0.1, -0.05) is 52.0 Å². The summed E-state index contributed by atoms with van der Waals surface area (Å²) in [6.45, 7) is 7.73. The molecule has 1 aromatic rings. The van der Waals surface area contributed by atoms with Gasteiger partial charge < -0.3 is 9.59 Å². The van der Waals surface area contributed by atoms with Crippen molar-refractivity contribution in [2.45, 2.75) is 40.5 Å². The van der Waals surface area contributed by atoms with Crippen LogP contribution in [0.4, 0.5) is 0 Å². The molecule has 0 aliphatic rings. The van der Waals surface area contributed by atoms with Crippen molar-refractivity contribution in [2.75, 3.05) is 0 Å². The highest BCUT2D eigenvalue weighted by molar-refractivity contribution is 5.60. The highest BCUT2D eigenvalue weighted by Gasteiger charge is 2.22. The summed E-state index contributed by atoms with van der Waals surface area (Å²) < 4.78 is 0. The van der Waals surface area contributed by atoms with Crippen molar-refractivity contribution >= 4 is 12.6 Å². The zero-order chi connectivity index (χ0) is 13.8. The average molecular weight is 246 g/mol. The van der Waals surface area contributed by atoms with Gasteiger partial charge in [0.1, 0.15) is 12.6 Å². The fourth-order valence-electron chi connectivity index (χ4n) is 1.97. The maximum Gasteiger partial charge on any atom is 0.125 e. The van der Waals surface area contributed by atoms with Crippen molar-refractivity contribution in [1.82, 2.24) is 0 Å². The van der Waals surface area contributed by atoms with Gasteiger partial charge in [0.2, 0.25) is 0 Å². The molecule has 0 bridgehead atoms. The molecule has 18 heavy (non-hydrogen) atoms. The molecule has 0 fully saturated rings. The number of rotatable bonds is 6. The summed E-state index contributed by atoms with van der Waals surface area (Å²) in [7, 11) is 0. The Labute approximate surface area is 109 Å². The second-order valence-electron chi connectivity index (χ2n) is 6.34. The minimum Gasteiger partial charge on any atom is -0.303 e. The third kappa shape index (κ3) is 4.10. The molecule has 0 saturated heterocycles. The van der Waals surface area contributed by atoms with E-state index in [1.54, 1.807) is 0 Å². The molecular formula is C16H22O2. The molecule has 0 aliphatic carbocycles. The number of aldehydes is 2. The minimum absolute atomic E-state index is 0.360. The molecule has 0 aliphatic heterocycles. The molecule has 0 unspecified atom stereocenters. The number of carbonyl (C=O) groups is 2. The fourth-order valence-corrected chi connectivity index (χ4v) is 1.97. The molecule has 0 saturated carbocycles. The molecule has 0 atom stereocenters. The van der Waals surface area contributed by atoms with Crippen molar-refractivity contribution in [2.24, 2.45) is 10.8 Å². The first-order chi connectivity index (χ1) is 8.29. The van der Waals surface area contributed by atoms with Crippen molar-refractivity contribution in [3.8, 4) is 0 Å². The van der Waals surface area contributed by atoms with Crippen molar-refractivity contribution in [1.29, 1.82) is 0 Å². The zero-order valence-electron chi connectivity index (χ0n) is 11.7. The third-order valence-electron chi connectivity index (χ3n) is 3.05. The summed E-state index contributed by atoms with van der Waals surface area (Å²) in [4.78, 5) is 22.1. The fraction of sp³-hybridized carbons (Fsp3) is 0.500. The van der Waals surface area contributed by atoms with E-state index < -0.39 is 0 Å². The van der Waals surface area contributed by atoms with Crippen LogP contribution in [0.25, 0.3) is 0 Å². The van der Waals surface area contributed by atoms with E-state index in [0.29, 0.717) is 12.8 Å². The number of benzene rings is 1. The second-order valence-corrected chi connectivity index (χ2v) is 6.34. The van der Waals surface area contributed by atoms with Crippen LogP contribution in [0, 0.1) is 10.8 Å². The largest absolute Gasteiger partial charge is 0.303 e. The van der Waals surface area contributed by atoms with Crippen molar-refractivity contribution in [3.05, 3.63) is 35.4 Å². The van der Waals surface area contributed by atoms with Gasteiger partial charge in [0.15, 0.2) is 0 Å². The minimum atomic E-state index is -0.360. The quantitative estimate of drug-likeness (QED) is 0.722. The first-order valence-electron chi connectivity index (χ1n) is 6.29. The van der Waals surface area contributed by atoms with E-state index >= 15 is 0 Å². The molecule has 1 rings (SSSR count). The predicted molar refractivity (Wildman–Crippen MR) is 73.5 cm³/mol. The van der Waals surface area contributed by atoms with Gasteiger partial charge in [0.05, 0.1) is 0 Å². The molecule has 2 nitrogen and oxygen atoms in total. The van der Waals surface area contributed by atoms with Crippen LogP contribution in [0.1, 0.15) is 38.8 Å². The summed E-state index contributed by atoms with van der Waals surface area (Å²) in [5, 5.41) is 0. The van der Waals surface area contributed by atoms with Gasteiger partial charge in [-0.25, -0.2) is 0 Å². The van der Waals surface area contributed by atoms with E-state index in [4.69, 9.17) is 0 Å². The Bertz CT molecular complexity index is 389. The maximum absolute atomic E-state index is 11.0. The normalized spacial score (nSPS) is 12.2. The summed E-state index contributed by atoms with van der Waals surface area (Å²) in [6, 6.07) is 8.05. The average Bonchev–Trinajstić information content (AvgIpc) is 2.31. The Morgan fingerprint density at radius 3 is 1.44 bits per heavy atom. The van der Waals surface area contributed by atoms with Gasteiger partial charge in [-0.3, -0.25) is 0 Å². The Hall–Kier alpha value is -1.44. The highest BCUT2D eigenvalue weighted by Crippen LogP contribution is 2.26. The van der Waals surface area contributed by atoms with Crippen LogP contribution < -0.4 is 0 Å². The first-order valence-corrected chi connectivity index (χ1v) is 6.29. The molecule has 0 aromatic heterocycles. The molecule has 0 heterocycles. The highest BCUT2D eigenvalue weighted by atomic mass is 16.1. The summed E-state index contributed by atoms with van der Waals surface area (Å²) in [5.41, 5.74) is 1.59. The zero-order valence-corrected chi connectivity index (χ0v) is 11.7. The lowest BCUT2D eigenvalue weighted by Gasteiger charge is -2.22. The first kappa shape index (κ1) is 14.6. The standard InChI is InChI=1S/C16H22O2/c1-15(2,11-17)9-13-7-5-6-8-14(13)10-16(3,4)12-18/h5-8,11-12H,9-10H2,1-4H3. The van der Waals surface area contributed by atoms with Gasteiger partial charge >= 0.3 is 0 Å². The number of hydrogen-bond acceptors (Lipinski definition) is 2. The number of hydrogen-bond donors (Lipinski definition) is 0. The van der Waals surface area contributed by atoms with E-state index in [-0.39, 0.29) is 10.8 Å². The Morgan fingerprint density at radius 1 is 0.833 bits per heavy atom. The van der Waals surface area contributed by atoms with Crippen LogP contribution in [0.2, 0.25) is 0 Å². The van der Waals surface area contributed by atoms with E-state index in [1.807, 2.05) is 52.0 Å². The van der Waals surface area contributed by atoms with Gasteiger partial charge in [0.25, 0.3) is 0 Å². The van der Waals surface area contributed by atoms with Gasteiger partial charge in [0, 0.05) is 10.8 Å². The summed E-state index contributed by atoms with van der Waals surface area (Å²) in [5.74, 6) is 0. The van der Waals surface area contributed by atoms with Crippen molar-refractivity contribution in [3.63, 3.8) is 0 Å². The predicted octanol–water partition coefficient (Wildman–Crippen LogP) is 3.22. The maximum atomic E-state index is 11.0. The smallest absolute Gasteiger partial charge is 0.125 e. The lowest BCUT2D eigenvalue weighted by Crippen LogP contribution is -2.21. The van der Waals surface area contributed by atoms with Gasteiger partial charge in [-0.05, 0) is 24.0 Å². The third-order valence-corrected chi connectivity index (χ3v) is 3.05. The van der Waals surface area contributed by atoms with Crippen LogP contribution >= 0.6 is 0 Å². The number of carbonyl (C=O) groups excluding carboxylic acids is 2. The molecule has 2 heteroatoms. The van der Waals surface area contributed by atoms with E-state index in [0.717, 1.165) is 23.7 Å². The summed E-state index contributed by atoms with van der Waals surface area (Å²) in [6.07, 6.45) is 3.41. The Kier molecular flexibility index (Phi) is 4.44. The van der Waals surface area contributed by atoms with Crippen LogP contribution in [0.5, 0.6) is 0 Å². The molecule has 98 valence electrons. The molecule has 0 N–H and O–H groups in total. The second kappa shape index (κ2) is 5.47. The topological polar surface area (TPSA) is 34.1 Å². The molecule has 0 radical (unpaired) electrons. The van der Waals surface area contributed by atoms with E-state index in [2.05, 4.69) is 0 Å². The van der Waals surface area contributed by atoms with Crippen LogP contribution in [-0.4, -0.2) is 12.6 Å². The molecular weight excluding hydrogens is 224 g/mol. The lowest BCUT2D eigenvalue weighted by atomic mass is 9.81.